The standard InChI is InChI=1S/C14H13BrN2O3/c1-16-9-10-5-6-14(13(15)7-10)20-12-4-2-3-11(8-12)17(18)19/h2-8,16H,9H2,1H3. The van der Waals surface area contributed by atoms with E-state index >= 15 is 0 Å². The Balaban J connectivity index is 2.21. The second-order valence-corrected chi connectivity index (χ2v) is 5.01. The van der Waals surface area contributed by atoms with Gasteiger partial charge in [-0.3, -0.25) is 10.1 Å². The number of rotatable bonds is 5. The van der Waals surface area contributed by atoms with Gasteiger partial charge in [-0.25, -0.2) is 0 Å². The Kier molecular flexibility index (Phi) is 4.70. The first kappa shape index (κ1) is 14.5. The van der Waals surface area contributed by atoms with Crippen molar-refractivity contribution in [2.45, 2.75) is 6.54 Å². The maximum absolute atomic E-state index is 10.7. The number of hydrogen-bond donors (Lipinski definition) is 1. The van der Waals surface area contributed by atoms with E-state index in [1.807, 2.05) is 25.2 Å². The third-order valence-corrected chi connectivity index (χ3v) is 3.25. The van der Waals surface area contributed by atoms with Crippen LogP contribution in [0.2, 0.25) is 0 Å². The minimum Gasteiger partial charge on any atom is -0.456 e. The lowest BCUT2D eigenvalue weighted by Gasteiger charge is -2.09. The summed E-state index contributed by atoms with van der Waals surface area (Å²) in [4.78, 5) is 10.3. The van der Waals surface area contributed by atoms with Gasteiger partial charge in [-0.2, -0.15) is 0 Å². The van der Waals surface area contributed by atoms with Crippen molar-refractivity contribution in [2.24, 2.45) is 0 Å². The van der Waals surface area contributed by atoms with Gasteiger partial charge in [-0.05, 0) is 46.7 Å². The number of nitrogens with zero attached hydrogens (tertiary/aromatic N) is 1. The predicted octanol–water partition coefficient (Wildman–Crippen LogP) is 3.87. The molecule has 0 unspecified atom stereocenters. The average Bonchev–Trinajstić information content (AvgIpc) is 2.42. The van der Waals surface area contributed by atoms with Gasteiger partial charge in [0.25, 0.3) is 5.69 Å². The first-order valence-electron chi connectivity index (χ1n) is 5.95. The molecule has 0 aliphatic rings. The molecule has 0 heterocycles. The summed E-state index contributed by atoms with van der Waals surface area (Å²) in [5, 5.41) is 13.8. The molecule has 0 fully saturated rings. The highest BCUT2D eigenvalue weighted by Gasteiger charge is 2.09. The second-order valence-electron chi connectivity index (χ2n) is 4.15. The van der Waals surface area contributed by atoms with Gasteiger partial charge in [0.05, 0.1) is 15.5 Å². The van der Waals surface area contributed by atoms with E-state index in [0.29, 0.717) is 11.5 Å². The monoisotopic (exact) mass is 336 g/mol. The zero-order valence-corrected chi connectivity index (χ0v) is 12.4. The van der Waals surface area contributed by atoms with Crippen LogP contribution in [-0.4, -0.2) is 12.0 Å². The number of nitro benzene ring substituents is 1. The van der Waals surface area contributed by atoms with Crippen LogP contribution in [0.5, 0.6) is 11.5 Å². The lowest BCUT2D eigenvalue weighted by Crippen LogP contribution is -2.04. The van der Waals surface area contributed by atoms with Gasteiger partial charge >= 0.3 is 0 Å². The van der Waals surface area contributed by atoms with Gasteiger partial charge in [0.15, 0.2) is 0 Å². The molecule has 0 atom stereocenters. The smallest absolute Gasteiger partial charge is 0.273 e. The summed E-state index contributed by atoms with van der Waals surface area (Å²) in [6, 6.07) is 11.8. The van der Waals surface area contributed by atoms with Gasteiger partial charge in [0, 0.05) is 12.6 Å². The summed E-state index contributed by atoms with van der Waals surface area (Å²) in [7, 11) is 1.88. The fraction of sp³-hybridized carbons (Fsp3) is 0.143. The minimum atomic E-state index is -0.447. The first-order valence-corrected chi connectivity index (χ1v) is 6.75. The van der Waals surface area contributed by atoms with Crippen LogP contribution >= 0.6 is 15.9 Å². The van der Waals surface area contributed by atoms with Crippen molar-refractivity contribution in [3.63, 3.8) is 0 Å². The number of ether oxygens (including phenoxy) is 1. The van der Waals surface area contributed by atoms with Crippen LogP contribution in [0.15, 0.2) is 46.9 Å². The molecule has 1 N–H and O–H groups in total. The number of non-ortho nitro benzene ring substituents is 1. The zero-order chi connectivity index (χ0) is 14.5. The SMILES string of the molecule is CNCc1ccc(Oc2cccc([N+](=O)[O-])c2)c(Br)c1. The van der Waals surface area contributed by atoms with E-state index in [1.54, 1.807) is 12.1 Å². The normalized spacial score (nSPS) is 10.3. The van der Waals surface area contributed by atoms with Gasteiger partial charge in [-0.15, -0.1) is 0 Å². The molecule has 20 heavy (non-hydrogen) atoms. The molecule has 0 aromatic heterocycles. The van der Waals surface area contributed by atoms with Crippen molar-refractivity contribution >= 4 is 21.6 Å². The molecule has 2 rings (SSSR count). The molecule has 6 heteroatoms. The van der Waals surface area contributed by atoms with Crippen molar-refractivity contribution in [1.82, 2.24) is 5.32 Å². The van der Waals surface area contributed by atoms with Crippen LogP contribution in [0.25, 0.3) is 0 Å². The van der Waals surface area contributed by atoms with Crippen LogP contribution in [0.1, 0.15) is 5.56 Å². The number of halogens is 1. The quantitative estimate of drug-likeness (QED) is 0.664. The Morgan fingerprint density at radius 1 is 1.30 bits per heavy atom. The molecule has 0 aliphatic carbocycles. The summed E-state index contributed by atoms with van der Waals surface area (Å²) in [5.74, 6) is 1.05. The highest BCUT2D eigenvalue weighted by Crippen LogP contribution is 2.31. The maximum Gasteiger partial charge on any atom is 0.273 e. The van der Waals surface area contributed by atoms with Crippen molar-refractivity contribution in [1.29, 1.82) is 0 Å². The summed E-state index contributed by atoms with van der Waals surface area (Å²) in [6.45, 7) is 0.760. The fourth-order valence-corrected chi connectivity index (χ4v) is 2.24. The number of nitro groups is 1. The van der Waals surface area contributed by atoms with E-state index in [0.717, 1.165) is 16.6 Å². The highest BCUT2D eigenvalue weighted by atomic mass is 79.9. The number of hydrogen-bond acceptors (Lipinski definition) is 4. The Morgan fingerprint density at radius 2 is 2.10 bits per heavy atom. The largest absolute Gasteiger partial charge is 0.456 e. The molecule has 104 valence electrons. The Bertz CT molecular complexity index is 632. The Labute approximate surface area is 124 Å². The second kappa shape index (κ2) is 6.49. The van der Waals surface area contributed by atoms with Gasteiger partial charge < -0.3 is 10.1 Å². The third-order valence-electron chi connectivity index (χ3n) is 2.63. The molecule has 0 spiro atoms. The summed E-state index contributed by atoms with van der Waals surface area (Å²) in [6.07, 6.45) is 0. The van der Waals surface area contributed by atoms with Crippen molar-refractivity contribution in [3.05, 3.63) is 62.6 Å². The van der Waals surface area contributed by atoms with Crippen LogP contribution in [0, 0.1) is 10.1 Å². The number of nitrogens with one attached hydrogen (secondary N) is 1. The molecular weight excluding hydrogens is 324 g/mol. The van der Waals surface area contributed by atoms with Crippen molar-refractivity contribution in [3.8, 4) is 11.5 Å². The minimum absolute atomic E-state index is 0.00502. The van der Waals surface area contributed by atoms with Crippen LogP contribution in [-0.2, 0) is 6.54 Å². The average molecular weight is 337 g/mol. The first-order chi connectivity index (χ1) is 9.60. The van der Waals surface area contributed by atoms with Crippen molar-refractivity contribution < 1.29 is 9.66 Å². The Morgan fingerprint density at radius 3 is 2.75 bits per heavy atom. The topological polar surface area (TPSA) is 64.4 Å². The van der Waals surface area contributed by atoms with Crippen LogP contribution in [0.4, 0.5) is 5.69 Å². The zero-order valence-electron chi connectivity index (χ0n) is 10.8. The lowest BCUT2D eigenvalue weighted by atomic mass is 10.2. The maximum atomic E-state index is 10.7. The molecule has 0 amide bonds. The van der Waals surface area contributed by atoms with E-state index in [4.69, 9.17) is 4.74 Å². The van der Waals surface area contributed by atoms with E-state index in [-0.39, 0.29) is 5.69 Å². The Hall–Kier alpha value is -1.92. The molecule has 5 nitrogen and oxygen atoms in total. The molecule has 0 saturated heterocycles. The van der Waals surface area contributed by atoms with E-state index in [9.17, 15) is 10.1 Å². The molecule has 0 saturated carbocycles. The van der Waals surface area contributed by atoms with Crippen LogP contribution < -0.4 is 10.1 Å². The fourth-order valence-electron chi connectivity index (χ4n) is 1.73. The van der Waals surface area contributed by atoms with Gasteiger partial charge in [-0.1, -0.05) is 12.1 Å². The van der Waals surface area contributed by atoms with Gasteiger partial charge in [0.1, 0.15) is 11.5 Å². The molecule has 0 bridgehead atoms. The summed E-state index contributed by atoms with van der Waals surface area (Å²) < 4.78 is 6.46. The highest BCUT2D eigenvalue weighted by molar-refractivity contribution is 9.10. The molecule has 2 aromatic rings. The molecular formula is C14H13BrN2O3. The lowest BCUT2D eigenvalue weighted by molar-refractivity contribution is -0.384. The summed E-state index contributed by atoms with van der Waals surface area (Å²) >= 11 is 3.44. The molecule has 0 aliphatic heterocycles. The molecule has 2 aromatic carbocycles. The molecule has 0 radical (unpaired) electrons. The van der Waals surface area contributed by atoms with Crippen LogP contribution in [0.3, 0.4) is 0 Å². The predicted molar refractivity (Wildman–Crippen MR) is 80.1 cm³/mol. The summed E-state index contributed by atoms with van der Waals surface area (Å²) in [5.41, 5.74) is 1.12. The van der Waals surface area contributed by atoms with E-state index in [2.05, 4.69) is 21.2 Å². The van der Waals surface area contributed by atoms with E-state index < -0.39 is 4.92 Å². The van der Waals surface area contributed by atoms with Crippen molar-refractivity contribution in [2.75, 3.05) is 7.05 Å². The number of benzene rings is 2. The van der Waals surface area contributed by atoms with E-state index in [1.165, 1.54) is 12.1 Å². The third kappa shape index (κ3) is 3.55. The van der Waals surface area contributed by atoms with Gasteiger partial charge in [0.2, 0.25) is 0 Å².